The molecule has 0 radical (unpaired) electrons. The number of carbonyl (C=O) groups is 1. The third kappa shape index (κ3) is 1.90. The van der Waals surface area contributed by atoms with E-state index in [2.05, 4.69) is 0 Å². The minimum Gasteiger partial charge on any atom is -0.480 e. The van der Waals surface area contributed by atoms with Gasteiger partial charge in [-0.25, -0.2) is 0 Å². The Kier molecular flexibility index (Phi) is 3.09. The van der Waals surface area contributed by atoms with Crippen molar-refractivity contribution in [1.82, 2.24) is 4.57 Å². The number of nitrogens with two attached hydrogens (primary N) is 1. The summed E-state index contributed by atoms with van der Waals surface area (Å²) < 4.78 is 1.91. The van der Waals surface area contributed by atoms with Gasteiger partial charge in [0.05, 0.1) is 10.5 Å². The lowest BCUT2D eigenvalue weighted by Gasteiger charge is -2.04. The third-order valence-corrected chi connectivity index (χ3v) is 3.13. The average molecular weight is 253 g/mol. The maximum atomic E-state index is 11.0. The average Bonchev–Trinajstić information content (AvgIpc) is 2.68. The molecular weight excluding hydrogens is 240 g/mol. The Morgan fingerprint density at radius 3 is 2.88 bits per heavy atom. The number of aryl methyl sites for hydroxylation is 1. The topological polar surface area (TPSA) is 68.2 Å². The predicted molar refractivity (Wildman–Crippen MR) is 67.2 cm³/mol. The molecule has 2 rings (SSSR count). The molecule has 17 heavy (non-hydrogen) atoms. The first kappa shape index (κ1) is 12.0. The largest absolute Gasteiger partial charge is 0.480 e. The van der Waals surface area contributed by atoms with Gasteiger partial charge in [0.1, 0.15) is 6.04 Å². The van der Waals surface area contributed by atoms with Crippen molar-refractivity contribution >= 4 is 28.5 Å². The fourth-order valence-corrected chi connectivity index (χ4v) is 2.26. The van der Waals surface area contributed by atoms with Crippen molar-refractivity contribution in [3.05, 3.63) is 35.0 Å². The van der Waals surface area contributed by atoms with E-state index in [4.69, 9.17) is 22.4 Å². The van der Waals surface area contributed by atoms with Gasteiger partial charge in [0, 0.05) is 23.7 Å². The first-order chi connectivity index (χ1) is 8.06. The molecule has 5 heteroatoms. The van der Waals surface area contributed by atoms with Crippen LogP contribution in [0.5, 0.6) is 0 Å². The molecule has 0 aliphatic rings. The summed E-state index contributed by atoms with van der Waals surface area (Å²) in [7, 11) is 0. The molecular formula is C12H13ClN2O2. The van der Waals surface area contributed by atoms with Gasteiger partial charge in [0.15, 0.2) is 0 Å². The molecule has 1 aromatic carbocycles. The van der Waals surface area contributed by atoms with Crippen molar-refractivity contribution in [3.63, 3.8) is 0 Å². The van der Waals surface area contributed by atoms with Crippen LogP contribution < -0.4 is 5.73 Å². The zero-order valence-electron chi connectivity index (χ0n) is 9.35. The second-order valence-corrected chi connectivity index (χ2v) is 4.23. The van der Waals surface area contributed by atoms with E-state index in [1.807, 2.05) is 17.6 Å². The standard InChI is InChI=1S/C12H13ClN2O2/c1-2-15-6-8(10(14)12(16)17)7-4-3-5-9(13)11(7)15/h3-6,10H,2,14H2,1H3,(H,16,17). The predicted octanol–water partition coefficient (Wildman–Crippen LogP) is 2.40. The Bertz CT molecular complexity index is 577. The molecule has 0 fully saturated rings. The number of rotatable bonds is 3. The molecule has 0 saturated carbocycles. The summed E-state index contributed by atoms with van der Waals surface area (Å²) in [5, 5.41) is 10.4. The second kappa shape index (κ2) is 4.39. The van der Waals surface area contributed by atoms with Crippen LogP contribution in [0.25, 0.3) is 10.9 Å². The molecule has 1 unspecified atom stereocenters. The van der Waals surface area contributed by atoms with Crippen molar-refractivity contribution in [1.29, 1.82) is 0 Å². The number of carboxylic acids is 1. The molecule has 4 nitrogen and oxygen atoms in total. The van der Waals surface area contributed by atoms with Crippen molar-refractivity contribution in [2.45, 2.75) is 19.5 Å². The summed E-state index contributed by atoms with van der Waals surface area (Å²) in [6.45, 7) is 2.69. The zero-order valence-corrected chi connectivity index (χ0v) is 10.1. The lowest BCUT2D eigenvalue weighted by Crippen LogP contribution is -2.20. The van der Waals surface area contributed by atoms with Gasteiger partial charge in [-0.1, -0.05) is 23.7 Å². The van der Waals surface area contributed by atoms with E-state index < -0.39 is 12.0 Å². The van der Waals surface area contributed by atoms with Crippen molar-refractivity contribution < 1.29 is 9.90 Å². The number of nitrogens with zero attached hydrogens (tertiary/aromatic N) is 1. The summed E-state index contributed by atoms with van der Waals surface area (Å²) in [5.41, 5.74) is 7.10. The highest BCUT2D eigenvalue weighted by Crippen LogP contribution is 2.30. The molecule has 3 N–H and O–H groups in total. The SMILES string of the molecule is CCn1cc(C(N)C(=O)O)c2cccc(Cl)c21. The molecule has 2 aromatic rings. The van der Waals surface area contributed by atoms with Crippen LogP contribution in [0, 0.1) is 0 Å². The summed E-state index contributed by atoms with van der Waals surface area (Å²) in [6, 6.07) is 4.39. The summed E-state index contributed by atoms with van der Waals surface area (Å²) in [4.78, 5) is 11.0. The summed E-state index contributed by atoms with van der Waals surface area (Å²) >= 11 is 6.13. The van der Waals surface area contributed by atoms with E-state index >= 15 is 0 Å². The van der Waals surface area contributed by atoms with Gasteiger partial charge < -0.3 is 15.4 Å². The Labute approximate surface area is 104 Å². The van der Waals surface area contributed by atoms with Gasteiger partial charge in [0.25, 0.3) is 0 Å². The molecule has 1 heterocycles. The van der Waals surface area contributed by atoms with Gasteiger partial charge >= 0.3 is 5.97 Å². The number of para-hydroxylation sites is 1. The monoisotopic (exact) mass is 252 g/mol. The van der Waals surface area contributed by atoms with Crippen LogP contribution >= 0.6 is 11.6 Å². The zero-order chi connectivity index (χ0) is 12.6. The fourth-order valence-electron chi connectivity index (χ4n) is 1.97. The molecule has 0 aliphatic heterocycles. The number of fused-ring (bicyclic) bond motifs is 1. The molecule has 0 spiro atoms. The molecule has 0 saturated heterocycles. The van der Waals surface area contributed by atoms with Crippen LogP contribution in [0.2, 0.25) is 5.02 Å². The highest BCUT2D eigenvalue weighted by atomic mass is 35.5. The molecule has 1 atom stereocenters. The first-order valence-corrected chi connectivity index (χ1v) is 5.69. The van der Waals surface area contributed by atoms with Gasteiger partial charge in [0.2, 0.25) is 0 Å². The highest BCUT2D eigenvalue weighted by Gasteiger charge is 2.20. The minimum absolute atomic E-state index is 0.594. The Balaban J connectivity index is 2.74. The van der Waals surface area contributed by atoms with Gasteiger partial charge in [-0.15, -0.1) is 0 Å². The maximum absolute atomic E-state index is 11.0. The van der Waals surface area contributed by atoms with E-state index in [-0.39, 0.29) is 0 Å². The van der Waals surface area contributed by atoms with E-state index in [1.165, 1.54) is 0 Å². The number of hydrogen-bond acceptors (Lipinski definition) is 2. The van der Waals surface area contributed by atoms with Crippen molar-refractivity contribution in [2.75, 3.05) is 0 Å². The van der Waals surface area contributed by atoms with Crippen molar-refractivity contribution in [2.24, 2.45) is 5.73 Å². The smallest absolute Gasteiger partial charge is 0.325 e. The third-order valence-electron chi connectivity index (χ3n) is 2.82. The number of carboxylic acid groups (broad SMARTS) is 1. The number of aromatic nitrogens is 1. The Morgan fingerprint density at radius 1 is 1.59 bits per heavy atom. The first-order valence-electron chi connectivity index (χ1n) is 5.32. The maximum Gasteiger partial charge on any atom is 0.325 e. The normalized spacial score (nSPS) is 12.9. The fraction of sp³-hybridized carbons (Fsp3) is 0.250. The number of halogens is 1. The minimum atomic E-state index is -1.04. The highest BCUT2D eigenvalue weighted by molar-refractivity contribution is 6.35. The number of benzene rings is 1. The van der Waals surface area contributed by atoms with Crippen LogP contribution in [-0.4, -0.2) is 15.6 Å². The quantitative estimate of drug-likeness (QED) is 0.881. The van der Waals surface area contributed by atoms with Gasteiger partial charge in [-0.05, 0) is 13.0 Å². The number of aliphatic carboxylic acids is 1. The lowest BCUT2D eigenvalue weighted by molar-refractivity contribution is -0.138. The van der Waals surface area contributed by atoms with Gasteiger partial charge in [-0.2, -0.15) is 0 Å². The molecule has 0 aliphatic carbocycles. The van der Waals surface area contributed by atoms with E-state index in [1.54, 1.807) is 18.3 Å². The molecule has 0 amide bonds. The van der Waals surface area contributed by atoms with E-state index in [0.29, 0.717) is 17.1 Å². The van der Waals surface area contributed by atoms with Crippen LogP contribution in [0.3, 0.4) is 0 Å². The van der Waals surface area contributed by atoms with Crippen LogP contribution in [0.1, 0.15) is 18.5 Å². The van der Waals surface area contributed by atoms with Crippen molar-refractivity contribution in [3.8, 4) is 0 Å². The van der Waals surface area contributed by atoms with Crippen LogP contribution in [0.15, 0.2) is 24.4 Å². The molecule has 0 bridgehead atoms. The number of hydrogen-bond donors (Lipinski definition) is 2. The second-order valence-electron chi connectivity index (χ2n) is 3.82. The van der Waals surface area contributed by atoms with Crippen LogP contribution in [-0.2, 0) is 11.3 Å². The Hall–Kier alpha value is -1.52. The van der Waals surface area contributed by atoms with E-state index in [9.17, 15) is 4.79 Å². The van der Waals surface area contributed by atoms with E-state index in [0.717, 1.165) is 10.9 Å². The lowest BCUT2D eigenvalue weighted by atomic mass is 10.1. The Morgan fingerprint density at radius 2 is 2.29 bits per heavy atom. The summed E-state index contributed by atoms with van der Waals surface area (Å²) in [5.74, 6) is -1.04. The molecule has 1 aromatic heterocycles. The molecule has 90 valence electrons. The summed E-state index contributed by atoms with van der Waals surface area (Å²) in [6.07, 6.45) is 1.76. The van der Waals surface area contributed by atoms with Gasteiger partial charge in [-0.3, -0.25) is 4.79 Å². The van der Waals surface area contributed by atoms with Crippen LogP contribution in [0.4, 0.5) is 0 Å².